The lowest BCUT2D eigenvalue weighted by molar-refractivity contribution is 1.28. The van der Waals surface area contributed by atoms with Crippen molar-refractivity contribution in [1.29, 1.82) is 0 Å². The molecule has 0 N–H and O–H groups in total. The third-order valence-electron chi connectivity index (χ3n) is 10.1. The number of nitrogens with zero attached hydrogens (tertiary/aromatic N) is 1. The first-order valence-corrected chi connectivity index (χ1v) is 18.2. The van der Waals surface area contributed by atoms with E-state index in [1.807, 2.05) is 0 Å². The van der Waals surface area contributed by atoms with Crippen molar-refractivity contribution in [2.24, 2.45) is 0 Å². The van der Waals surface area contributed by atoms with Crippen LogP contribution in [0.25, 0.3) is 66.4 Å². The Hall–Kier alpha value is -6.96. The molecule has 0 saturated carbocycles. The van der Waals surface area contributed by atoms with Gasteiger partial charge in [0.05, 0.1) is 5.69 Å². The van der Waals surface area contributed by atoms with Gasteiger partial charge in [0, 0.05) is 16.9 Å². The molecule has 0 radical (unpaired) electrons. The topological polar surface area (TPSA) is 3.24 Å². The van der Waals surface area contributed by atoms with E-state index in [4.69, 9.17) is 0 Å². The molecule has 0 aliphatic rings. The SMILES string of the molecule is c1ccc(-c2ccc(-c3ccccc3)c(-c3ccccc3-c3ccccc3N(c3ccccc3)c3cccc(-c4ccc5ccccc5c4)c3)c2)cc1. The van der Waals surface area contributed by atoms with Gasteiger partial charge >= 0.3 is 0 Å². The van der Waals surface area contributed by atoms with E-state index in [0.717, 1.165) is 22.6 Å². The first kappa shape index (κ1) is 32.0. The van der Waals surface area contributed by atoms with E-state index in [2.05, 4.69) is 229 Å². The monoisotopic (exact) mass is 675 g/mol. The van der Waals surface area contributed by atoms with Crippen LogP contribution in [0.15, 0.2) is 224 Å². The second-order valence-corrected chi connectivity index (χ2v) is 13.3. The van der Waals surface area contributed by atoms with Crippen molar-refractivity contribution in [3.05, 3.63) is 224 Å². The zero-order chi connectivity index (χ0) is 35.4. The fourth-order valence-electron chi connectivity index (χ4n) is 7.49. The lowest BCUT2D eigenvalue weighted by Crippen LogP contribution is -2.11. The standard InChI is InChI=1S/C52H37N/c1-4-17-38(18-5-1)44-33-34-47(40-20-6-2-7-21-40)51(37-44)49-28-13-12-27-48(49)50-29-14-15-30-52(50)53(45-24-8-3-9-25-45)46-26-16-23-42(36-46)43-32-31-39-19-10-11-22-41(39)35-43/h1-37H. The number of para-hydroxylation sites is 2. The predicted octanol–water partition coefficient (Wildman–Crippen LogP) is 14.6. The van der Waals surface area contributed by atoms with Crippen LogP contribution >= 0.6 is 0 Å². The molecule has 9 rings (SSSR count). The van der Waals surface area contributed by atoms with Gasteiger partial charge in [0.1, 0.15) is 0 Å². The maximum atomic E-state index is 2.40. The van der Waals surface area contributed by atoms with Crippen molar-refractivity contribution in [3.8, 4) is 55.6 Å². The summed E-state index contributed by atoms with van der Waals surface area (Å²) in [5.41, 5.74) is 15.2. The van der Waals surface area contributed by atoms with Crippen LogP contribution in [0, 0.1) is 0 Å². The van der Waals surface area contributed by atoms with Gasteiger partial charge in [-0.3, -0.25) is 0 Å². The van der Waals surface area contributed by atoms with Crippen LogP contribution < -0.4 is 4.90 Å². The molecule has 0 unspecified atom stereocenters. The Balaban J connectivity index is 1.23. The summed E-state index contributed by atoms with van der Waals surface area (Å²) in [5.74, 6) is 0. The molecule has 0 aliphatic heterocycles. The molecule has 1 nitrogen and oxygen atoms in total. The van der Waals surface area contributed by atoms with Crippen LogP contribution in [-0.2, 0) is 0 Å². The smallest absolute Gasteiger partial charge is 0.0540 e. The Morgan fingerprint density at radius 3 is 1.49 bits per heavy atom. The van der Waals surface area contributed by atoms with E-state index in [0.29, 0.717) is 0 Å². The van der Waals surface area contributed by atoms with E-state index in [1.165, 1.54) is 60.8 Å². The summed E-state index contributed by atoms with van der Waals surface area (Å²) in [4.78, 5) is 2.40. The molecule has 0 fully saturated rings. The Morgan fingerprint density at radius 2 is 0.736 bits per heavy atom. The van der Waals surface area contributed by atoms with Gasteiger partial charge in [-0.15, -0.1) is 0 Å². The molecular formula is C52H37N. The minimum Gasteiger partial charge on any atom is -0.310 e. The summed E-state index contributed by atoms with van der Waals surface area (Å²) >= 11 is 0. The third-order valence-corrected chi connectivity index (χ3v) is 10.1. The Bertz CT molecular complexity index is 2660. The van der Waals surface area contributed by atoms with Crippen molar-refractivity contribution in [3.63, 3.8) is 0 Å². The molecule has 0 bridgehead atoms. The normalized spacial score (nSPS) is 11.0. The molecule has 9 aromatic rings. The maximum Gasteiger partial charge on any atom is 0.0540 e. The maximum absolute atomic E-state index is 2.40. The number of hydrogen-bond donors (Lipinski definition) is 0. The average molecular weight is 676 g/mol. The molecule has 0 saturated heterocycles. The molecule has 0 aromatic heterocycles. The van der Waals surface area contributed by atoms with E-state index in [1.54, 1.807) is 0 Å². The first-order valence-electron chi connectivity index (χ1n) is 18.2. The lowest BCUT2D eigenvalue weighted by atomic mass is 9.87. The predicted molar refractivity (Wildman–Crippen MR) is 226 cm³/mol. The van der Waals surface area contributed by atoms with Crippen LogP contribution in [0.3, 0.4) is 0 Å². The fraction of sp³-hybridized carbons (Fsp3) is 0. The lowest BCUT2D eigenvalue weighted by Gasteiger charge is -2.29. The minimum absolute atomic E-state index is 1.10. The van der Waals surface area contributed by atoms with Gasteiger partial charge in [-0.05, 0) is 103 Å². The average Bonchev–Trinajstić information content (AvgIpc) is 3.25. The summed E-state index contributed by atoms with van der Waals surface area (Å²) in [5, 5.41) is 2.49. The van der Waals surface area contributed by atoms with E-state index >= 15 is 0 Å². The van der Waals surface area contributed by atoms with Gasteiger partial charge < -0.3 is 4.90 Å². The van der Waals surface area contributed by atoms with Crippen LogP contribution in [-0.4, -0.2) is 0 Å². The molecular weight excluding hydrogens is 639 g/mol. The van der Waals surface area contributed by atoms with Gasteiger partial charge in [-0.25, -0.2) is 0 Å². The summed E-state index contributed by atoms with van der Waals surface area (Å²) in [7, 11) is 0. The summed E-state index contributed by atoms with van der Waals surface area (Å²) < 4.78 is 0. The van der Waals surface area contributed by atoms with Gasteiger partial charge in [0.15, 0.2) is 0 Å². The second-order valence-electron chi connectivity index (χ2n) is 13.3. The number of fused-ring (bicyclic) bond motifs is 1. The van der Waals surface area contributed by atoms with Gasteiger partial charge in [-0.1, -0.05) is 182 Å². The number of rotatable bonds is 8. The molecule has 0 heterocycles. The summed E-state index contributed by atoms with van der Waals surface area (Å²) in [6.07, 6.45) is 0. The molecule has 0 spiro atoms. The zero-order valence-electron chi connectivity index (χ0n) is 29.3. The molecule has 53 heavy (non-hydrogen) atoms. The molecule has 9 aromatic carbocycles. The largest absolute Gasteiger partial charge is 0.310 e. The van der Waals surface area contributed by atoms with E-state index < -0.39 is 0 Å². The molecule has 1 heteroatoms. The highest BCUT2D eigenvalue weighted by Crippen LogP contribution is 2.46. The molecule has 0 amide bonds. The summed E-state index contributed by atoms with van der Waals surface area (Å²) in [6.45, 7) is 0. The van der Waals surface area contributed by atoms with E-state index in [-0.39, 0.29) is 0 Å². The summed E-state index contributed by atoms with van der Waals surface area (Å²) in [6, 6.07) is 80.9. The third kappa shape index (κ3) is 6.42. The number of benzene rings is 9. The highest BCUT2D eigenvalue weighted by atomic mass is 15.1. The number of anilines is 3. The van der Waals surface area contributed by atoms with Crippen LogP contribution in [0.1, 0.15) is 0 Å². The van der Waals surface area contributed by atoms with Gasteiger partial charge in [0.2, 0.25) is 0 Å². The van der Waals surface area contributed by atoms with Crippen molar-refractivity contribution in [2.45, 2.75) is 0 Å². The Kier molecular flexibility index (Phi) is 8.66. The van der Waals surface area contributed by atoms with Crippen LogP contribution in [0.4, 0.5) is 17.1 Å². The van der Waals surface area contributed by atoms with Crippen LogP contribution in [0.2, 0.25) is 0 Å². The Labute approximate surface area is 311 Å². The fourth-order valence-corrected chi connectivity index (χ4v) is 7.49. The van der Waals surface area contributed by atoms with Crippen molar-refractivity contribution in [1.82, 2.24) is 0 Å². The van der Waals surface area contributed by atoms with E-state index in [9.17, 15) is 0 Å². The zero-order valence-corrected chi connectivity index (χ0v) is 29.3. The Morgan fingerprint density at radius 1 is 0.226 bits per heavy atom. The van der Waals surface area contributed by atoms with Gasteiger partial charge in [0.25, 0.3) is 0 Å². The first-order chi connectivity index (χ1) is 26.3. The highest BCUT2D eigenvalue weighted by molar-refractivity contribution is 5.98. The van der Waals surface area contributed by atoms with Gasteiger partial charge in [-0.2, -0.15) is 0 Å². The van der Waals surface area contributed by atoms with Crippen molar-refractivity contribution >= 4 is 27.8 Å². The highest BCUT2D eigenvalue weighted by Gasteiger charge is 2.21. The molecule has 0 atom stereocenters. The second kappa shape index (κ2) is 14.3. The van der Waals surface area contributed by atoms with Crippen molar-refractivity contribution in [2.75, 3.05) is 4.90 Å². The minimum atomic E-state index is 1.10. The van der Waals surface area contributed by atoms with Crippen molar-refractivity contribution < 1.29 is 0 Å². The molecule has 250 valence electrons. The molecule has 0 aliphatic carbocycles. The van der Waals surface area contributed by atoms with Crippen LogP contribution in [0.5, 0.6) is 0 Å². The quantitative estimate of drug-likeness (QED) is 0.155. The number of hydrogen-bond acceptors (Lipinski definition) is 1.